The predicted octanol–water partition coefficient (Wildman–Crippen LogP) is 3.52. The average Bonchev–Trinajstić information content (AvgIpc) is 2.86. The molecule has 0 spiro atoms. The number of fused-ring (bicyclic) bond motifs is 1. The van der Waals surface area contributed by atoms with E-state index in [9.17, 15) is 12.8 Å². The second-order valence-corrected chi connectivity index (χ2v) is 8.64. The first-order valence-electron chi connectivity index (χ1n) is 7.02. The van der Waals surface area contributed by atoms with Crippen molar-refractivity contribution in [2.75, 3.05) is 18.6 Å². The van der Waals surface area contributed by atoms with E-state index >= 15 is 0 Å². The van der Waals surface area contributed by atoms with Crippen molar-refractivity contribution in [2.24, 2.45) is 0 Å². The van der Waals surface area contributed by atoms with Crippen LogP contribution in [0.1, 0.15) is 30.7 Å². The van der Waals surface area contributed by atoms with Gasteiger partial charge < -0.3 is 5.32 Å². The lowest BCUT2D eigenvalue weighted by atomic mass is 10.1. The Morgan fingerprint density at radius 1 is 1.33 bits per heavy atom. The first-order valence-corrected chi connectivity index (χ1v) is 9.65. The Morgan fingerprint density at radius 2 is 2.10 bits per heavy atom. The van der Waals surface area contributed by atoms with Crippen LogP contribution in [0.25, 0.3) is 10.1 Å². The van der Waals surface area contributed by atoms with Crippen LogP contribution in [0.15, 0.2) is 24.3 Å². The number of sulfone groups is 1. The fraction of sp³-hybridized carbons (Fsp3) is 0.467. The third kappa shape index (κ3) is 4.25. The zero-order chi connectivity index (χ0) is 15.5. The summed E-state index contributed by atoms with van der Waals surface area (Å²) in [5.74, 6) is 0.183. The van der Waals surface area contributed by atoms with E-state index in [0.29, 0.717) is 6.42 Å². The van der Waals surface area contributed by atoms with Crippen LogP contribution in [0.3, 0.4) is 0 Å². The highest BCUT2D eigenvalue weighted by Crippen LogP contribution is 2.32. The summed E-state index contributed by atoms with van der Waals surface area (Å²) in [6.07, 6.45) is 1.38. The van der Waals surface area contributed by atoms with Crippen LogP contribution in [0.2, 0.25) is 0 Å². The van der Waals surface area contributed by atoms with Crippen LogP contribution < -0.4 is 5.32 Å². The van der Waals surface area contributed by atoms with Gasteiger partial charge >= 0.3 is 0 Å². The minimum Gasteiger partial charge on any atom is -0.312 e. The lowest BCUT2D eigenvalue weighted by Crippen LogP contribution is -2.17. The van der Waals surface area contributed by atoms with Crippen molar-refractivity contribution < 1.29 is 12.8 Å². The van der Waals surface area contributed by atoms with Crippen molar-refractivity contribution in [1.29, 1.82) is 0 Å². The molecule has 0 bridgehead atoms. The minimum atomic E-state index is -2.91. The number of halogens is 1. The summed E-state index contributed by atoms with van der Waals surface area (Å²) in [5.41, 5.74) is 0. The van der Waals surface area contributed by atoms with E-state index in [4.69, 9.17) is 0 Å². The molecule has 1 aromatic carbocycles. The number of rotatable bonds is 7. The zero-order valence-corrected chi connectivity index (χ0v) is 13.9. The maximum Gasteiger partial charge on any atom is 0.150 e. The Morgan fingerprint density at radius 3 is 2.76 bits per heavy atom. The molecule has 0 amide bonds. The van der Waals surface area contributed by atoms with E-state index in [1.165, 1.54) is 12.1 Å². The number of nitrogens with one attached hydrogen (secondary N) is 1. The monoisotopic (exact) mass is 329 g/mol. The molecule has 1 N–H and O–H groups in total. The van der Waals surface area contributed by atoms with E-state index in [-0.39, 0.29) is 23.4 Å². The summed E-state index contributed by atoms with van der Waals surface area (Å²) in [6.45, 7) is 1.67. The summed E-state index contributed by atoms with van der Waals surface area (Å²) < 4.78 is 37.3. The van der Waals surface area contributed by atoms with Crippen molar-refractivity contribution in [2.45, 2.75) is 25.8 Å². The van der Waals surface area contributed by atoms with Crippen LogP contribution in [-0.4, -0.2) is 27.0 Å². The summed E-state index contributed by atoms with van der Waals surface area (Å²) in [5, 5.41) is 4.12. The zero-order valence-electron chi connectivity index (χ0n) is 12.2. The maximum absolute atomic E-state index is 13.2. The van der Waals surface area contributed by atoms with Crippen LogP contribution in [0.4, 0.5) is 4.39 Å². The van der Waals surface area contributed by atoms with Crippen LogP contribution in [0.5, 0.6) is 0 Å². The van der Waals surface area contributed by atoms with Gasteiger partial charge in [-0.3, -0.25) is 0 Å². The summed E-state index contributed by atoms with van der Waals surface area (Å²) in [7, 11) is -1.04. The smallest absolute Gasteiger partial charge is 0.150 e. The van der Waals surface area contributed by atoms with E-state index in [1.54, 1.807) is 24.3 Å². The van der Waals surface area contributed by atoms with Crippen LogP contribution in [-0.2, 0) is 9.84 Å². The van der Waals surface area contributed by atoms with Gasteiger partial charge in [-0.15, -0.1) is 11.3 Å². The second kappa shape index (κ2) is 6.85. The van der Waals surface area contributed by atoms with Gasteiger partial charge in [0.2, 0.25) is 0 Å². The molecule has 2 aromatic rings. The molecule has 1 aromatic heterocycles. The largest absolute Gasteiger partial charge is 0.312 e. The summed E-state index contributed by atoms with van der Waals surface area (Å²) in [4.78, 5) is 1.12. The lowest BCUT2D eigenvalue weighted by molar-refractivity contribution is 0.542. The second-order valence-electron chi connectivity index (χ2n) is 5.05. The van der Waals surface area contributed by atoms with Crippen molar-refractivity contribution in [1.82, 2.24) is 5.32 Å². The van der Waals surface area contributed by atoms with Gasteiger partial charge in [0, 0.05) is 21.4 Å². The molecule has 1 unspecified atom stereocenters. The van der Waals surface area contributed by atoms with E-state index < -0.39 is 9.84 Å². The molecule has 21 heavy (non-hydrogen) atoms. The summed E-state index contributed by atoms with van der Waals surface area (Å²) in [6, 6.07) is 6.87. The summed E-state index contributed by atoms with van der Waals surface area (Å²) >= 11 is 1.62. The normalized spacial score (nSPS) is 13.7. The first-order chi connectivity index (χ1) is 9.95. The Kier molecular flexibility index (Phi) is 5.35. The first kappa shape index (κ1) is 16.4. The SMILES string of the molecule is CCS(=O)(=O)CCCC(NC)c1cc2cc(F)ccc2s1. The molecule has 0 fully saturated rings. The Hall–Kier alpha value is -0.980. The third-order valence-corrected chi connectivity index (χ3v) is 6.60. The van der Waals surface area contributed by atoms with Gasteiger partial charge in [0.1, 0.15) is 15.7 Å². The number of hydrogen-bond acceptors (Lipinski definition) is 4. The molecule has 0 radical (unpaired) electrons. The molecule has 3 nitrogen and oxygen atoms in total. The molecule has 0 saturated heterocycles. The number of hydrogen-bond donors (Lipinski definition) is 1. The molecule has 2 rings (SSSR count). The Balaban J connectivity index is 2.09. The fourth-order valence-electron chi connectivity index (χ4n) is 2.29. The molecular formula is C15H20FNO2S2. The predicted molar refractivity (Wildman–Crippen MR) is 87.1 cm³/mol. The highest BCUT2D eigenvalue weighted by Gasteiger charge is 2.15. The van der Waals surface area contributed by atoms with Crippen LogP contribution in [0, 0.1) is 5.82 Å². The van der Waals surface area contributed by atoms with Crippen molar-refractivity contribution in [3.05, 3.63) is 35.0 Å². The lowest BCUT2D eigenvalue weighted by Gasteiger charge is -2.14. The number of benzene rings is 1. The van der Waals surface area contributed by atoms with Crippen molar-refractivity contribution in [3.8, 4) is 0 Å². The van der Waals surface area contributed by atoms with E-state index in [0.717, 1.165) is 21.4 Å². The quantitative estimate of drug-likeness (QED) is 0.845. The standard InChI is InChI=1S/C15H20FNO2S2/c1-3-21(18,19)8-4-5-13(17-2)15-10-11-9-12(16)6-7-14(11)20-15/h6-7,9-10,13,17H,3-5,8H2,1-2H3. The average molecular weight is 329 g/mol. The molecule has 0 aliphatic heterocycles. The van der Waals surface area contributed by atoms with Gasteiger partial charge in [0.05, 0.1) is 5.75 Å². The molecule has 6 heteroatoms. The van der Waals surface area contributed by atoms with Gasteiger partial charge in [-0.2, -0.15) is 0 Å². The molecule has 0 aliphatic rings. The Labute approximate surface area is 129 Å². The maximum atomic E-state index is 13.2. The number of thiophene rings is 1. The third-order valence-electron chi connectivity index (χ3n) is 3.58. The van der Waals surface area contributed by atoms with Gasteiger partial charge in [-0.1, -0.05) is 6.92 Å². The molecule has 0 aliphatic carbocycles. The molecule has 1 atom stereocenters. The fourth-order valence-corrected chi connectivity index (χ4v) is 4.37. The van der Waals surface area contributed by atoms with E-state index in [2.05, 4.69) is 5.32 Å². The highest BCUT2D eigenvalue weighted by atomic mass is 32.2. The molecular weight excluding hydrogens is 309 g/mol. The van der Waals surface area contributed by atoms with Gasteiger partial charge in [-0.05, 0) is 49.5 Å². The highest BCUT2D eigenvalue weighted by molar-refractivity contribution is 7.91. The van der Waals surface area contributed by atoms with E-state index in [1.807, 2.05) is 13.1 Å². The Bertz CT molecular complexity index is 710. The molecule has 1 heterocycles. The molecule has 0 saturated carbocycles. The minimum absolute atomic E-state index is 0.109. The van der Waals surface area contributed by atoms with Crippen LogP contribution >= 0.6 is 11.3 Å². The molecule has 116 valence electrons. The van der Waals surface area contributed by atoms with Crippen molar-refractivity contribution in [3.63, 3.8) is 0 Å². The topological polar surface area (TPSA) is 46.2 Å². The van der Waals surface area contributed by atoms with Crippen molar-refractivity contribution >= 4 is 31.3 Å². The van der Waals surface area contributed by atoms with Gasteiger partial charge in [-0.25, -0.2) is 12.8 Å². The van der Waals surface area contributed by atoms with Gasteiger partial charge in [0.25, 0.3) is 0 Å². The van der Waals surface area contributed by atoms with Gasteiger partial charge in [0.15, 0.2) is 0 Å².